The molecule has 0 radical (unpaired) electrons. The fraction of sp³-hybridized carbons (Fsp3) is 0.439. The molecule has 7 atom stereocenters. The summed E-state index contributed by atoms with van der Waals surface area (Å²) in [5, 5.41) is 36.0. The topological polar surface area (TPSA) is 179 Å². The number of carbonyl (C=O) groups excluding carboxylic acids is 4. The molecule has 4 amide bonds. The number of hydrogen-bond donors (Lipinski definition) is 6. The number of nitrogens with zero attached hydrogens (tertiary/aromatic N) is 1. The summed E-state index contributed by atoms with van der Waals surface area (Å²) in [6.07, 6.45) is -0.871. The van der Waals surface area contributed by atoms with Crippen LogP contribution in [0.25, 0.3) is 10.8 Å². The first-order valence-corrected chi connectivity index (χ1v) is 19.5. The highest BCUT2D eigenvalue weighted by Gasteiger charge is 2.34. The Kier molecular flexibility index (Phi) is 16.4. The third-order valence-corrected chi connectivity index (χ3v) is 10.5. The minimum Gasteiger partial charge on any atom is -0.445 e. The van der Waals surface area contributed by atoms with E-state index in [1.54, 1.807) is 10.9 Å². The lowest BCUT2D eigenvalue weighted by atomic mass is 9.91. The van der Waals surface area contributed by atoms with Gasteiger partial charge < -0.3 is 36.2 Å². The predicted octanol–water partition coefficient (Wildman–Crippen LogP) is 4.67. The minimum absolute atomic E-state index is 0.000225. The Labute approximate surface area is 321 Å². The molecule has 2 unspecified atom stereocenters. The first-order valence-electron chi connectivity index (χ1n) is 18.5. The molecule has 13 heteroatoms. The van der Waals surface area contributed by atoms with E-state index in [-0.39, 0.29) is 44.3 Å². The summed E-state index contributed by atoms with van der Waals surface area (Å²) in [6, 6.07) is 19.1. The van der Waals surface area contributed by atoms with Crippen molar-refractivity contribution >= 4 is 45.9 Å². The van der Waals surface area contributed by atoms with Crippen molar-refractivity contribution in [2.24, 2.45) is 11.8 Å². The van der Waals surface area contributed by atoms with Crippen molar-refractivity contribution in [1.29, 1.82) is 0 Å². The molecule has 0 bridgehead atoms. The number of aromatic nitrogens is 1. The molecule has 290 valence electrons. The number of amides is 4. The summed E-state index contributed by atoms with van der Waals surface area (Å²) >= 11 is 1.35. The normalized spacial score (nSPS) is 15.1. The Morgan fingerprint density at radius 1 is 0.796 bits per heavy atom. The van der Waals surface area contributed by atoms with Gasteiger partial charge in [-0.1, -0.05) is 113 Å². The number of thiazole rings is 1. The average Bonchev–Trinajstić information content (AvgIpc) is 3.70. The molecule has 12 nitrogen and oxygen atoms in total. The number of alkyl carbamates (subject to hydrolysis) is 1. The molecule has 0 aliphatic carbocycles. The van der Waals surface area contributed by atoms with Gasteiger partial charge in [0.2, 0.25) is 17.7 Å². The standard InChI is InChI=1S/C41H53N5O7S/c1-5-26(3)35(22-47)43-37(49)21-36(48)38(27(4)6-2)46-40(51)34(20-31-24-54-25-42-31)44-39(50)33(45-41(52)53-23-28-13-8-7-9-14-28)19-30-17-12-16-29-15-10-11-18-32(29)30/h7-18,24-27,33-36,38,47-48H,5-6,19-23H2,1-4H3,(H,43,49)(H,44,50)(H,45,52)(H,46,51)/t26-,27?,33-,34?,35+,36-,38-/m0/s1. The highest BCUT2D eigenvalue weighted by molar-refractivity contribution is 7.07. The number of hydrogen-bond acceptors (Lipinski definition) is 9. The summed E-state index contributed by atoms with van der Waals surface area (Å²) in [6.45, 7) is 7.42. The van der Waals surface area contributed by atoms with Gasteiger partial charge in [0.15, 0.2) is 0 Å². The number of fused-ring (bicyclic) bond motifs is 1. The van der Waals surface area contributed by atoms with Gasteiger partial charge in [-0.15, -0.1) is 11.3 Å². The summed E-state index contributed by atoms with van der Waals surface area (Å²) in [5.74, 6) is -1.85. The van der Waals surface area contributed by atoms with Crippen molar-refractivity contribution in [3.05, 3.63) is 101 Å². The molecule has 0 fully saturated rings. The van der Waals surface area contributed by atoms with E-state index in [1.165, 1.54) is 11.3 Å². The zero-order valence-corrected chi connectivity index (χ0v) is 32.2. The van der Waals surface area contributed by atoms with Crippen molar-refractivity contribution in [2.45, 2.75) is 96.7 Å². The summed E-state index contributed by atoms with van der Waals surface area (Å²) in [5.41, 5.74) is 3.79. The maximum absolute atomic E-state index is 14.2. The number of aliphatic hydroxyl groups excluding tert-OH is 2. The van der Waals surface area contributed by atoms with E-state index in [4.69, 9.17) is 4.74 Å². The van der Waals surface area contributed by atoms with E-state index >= 15 is 0 Å². The van der Waals surface area contributed by atoms with Crippen molar-refractivity contribution in [2.75, 3.05) is 6.61 Å². The predicted molar refractivity (Wildman–Crippen MR) is 209 cm³/mol. The van der Waals surface area contributed by atoms with Crippen LogP contribution in [0.1, 0.15) is 63.8 Å². The van der Waals surface area contributed by atoms with Gasteiger partial charge in [-0.05, 0) is 33.7 Å². The van der Waals surface area contributed by atoms with Crippen LogP contribution in [0.4, 0.5) is 4.79 Å². The van der Waals surface area contributed by atoms with Crippen molar-refractivity contribution < 1.29 is 34.1 Å². The van der Waals surface area contributed by atoms with Crippen LogP contribution in [0, 0.1) is 11.8 Å². The maximum Gasteiger partial charge on any atom is 0.408 e. The fourth-order valence-corrected chi connectivity index (χ4v) is 6.78. The number of carbonyl (C=O) groups is 4. The van der Waals surface area contributed by atoms with E-state index in [1.807, 2.05) is 100 Å². The lowest BCUT2D eigenvalue weighted by Crippen LogP contribution is -2.58. The maximum atomic E-state index is 14.2. The van der Waals surface area contributed by atoms with Crippen LogP contribution in [0.15, 0.2) is 83.7 Å². The molecule has 6 N–H and O–H groups in total. The Morgan fingerprint density at radius 3 is 2.15 bits per heavy atom. The third kappa shape index (κ3) is 12.4. The van der Waals surface area contributed by atoms with Gasteiger partial charge >= 0.3 is 6.09 Å². The zero-order chi connectivity index (χ0) is 39.0. The minimum atomic E-state index is -1.25. The van der Waals surface area contributed by atoms with Crippen molar-refractivity contribution in [3.8, 4) is 0 Å². The first-order chi connectivity index (χ1) is 26.0. The monoisotopic (exact) mass is 759 g/mol. The van der Waals surface area contributed by atoms with Gasteiger partial charge in [0.25, 0.3) is 0 Å². The second-order valence-corrected chi connectivity index (χ2v) is 14.5. The van der Waals surface area contributed by atoms with E-state index < -0.39 is 54.1 Å². The Balaban J connectivity index is 1.56. The molecule has 0 spiro atoms. The second-order valence-electron chi connectivity index (χ2n) is 13.8. The Hall–Kier alpha value is -4.85. The zero-order valence-electron chi connectivity index (χ0n) is 31.4. The second kappa shape index (κ2) is 21.1. The van der Waals surface area contributed by atoms with Crippen LogP contribution in [0.2, 0.25) is 0 Å². The number of aliphatic hydroxyl groups is 2. The van der Waals surface area contributed by atoms with Gasteiger partial charge in [0.1, 0.15) is 18.7 Å². The highest BCUT2D eigenvalue weighted by Crippen LogP contribution is 2.21. The molecule has 0 aliphatic heterocycles. The molecule has 4 rings (SSSR count). The molecule has 54 heavy (non-hydrogen) atoms. The van der Waals surface area contributed by atoms with Gasteiger partial charge in [-0.25, -0.2) is 9.78 Å². The van der Waals surface area contributed by atoms with E-state index in [0.717, 1.165) is 28.3 Å². The molecular formula is C41H53N5O7S. The molecule has 0 aliphatic rings. The lowest BCUT2D eigenvalue weighted by Gasteiger charge is -2.31. The van der Waals surface area contributed by atoms with Crippen LogP contribution >= 0.6 is 11.3 Å². The Morgan fingerprint density at radius 2 is 1.46 bits per heavy atom. The molecule has 1 heterocycles. The largest absolute Gasteiger partial charge is 0.445 e. The molecule has 1 aromatic heterocycles. The number of nitrogens with one attached hydrogen (secondary N) is 4. The van der Waals surface area contributed by atoms with Gasteiger partial charge in [0.05, 0.1) is 42.4 Å². The highest BCUT2D eigenvalue weighted by atomic mass is 32.1. The van der Waals surface area contributed by atoms with E-state index in [2.05, 4.69) is 26.3 Å². The van der Waals surface area contributed by atoms with E-state index in [9.17, 15) is 29.4 Å². The number of benzene rings is 3. The van der Waals surface area contributed by atoms with Crippen LogP contribution in [0.3, 0.4) is 0 Å². The van der Waals surface area contributed by atoms with Crippen LogP contribution in [0.5, 0.6) is 0 Å². The Bertz CT molecular complexity index is 1790. The summed E-state index contributed by atoms with van der Waals surface area (Å²) in [7, 11) is 0. The van der Waals surface area contributed by atoms with Gasteiger partial charge in [-0.3, -0.25) is 14.4 Å². The lowest BCUT2D eigenvalue weighted by molar-refractivity contribution is -0.131. The van der Waals surface area contributed by atoms with Gasteiger partial charge in [0, 0.05) is 18.2 Å². The SMILES string of the molecule is CCC(C)[C@H](NC(=O)C(Cc1cscn1)NC(=O)[C@H](Cc1cccc2ccccc12)NC(=O)OCc1ccccc1)[C@@H](O)CC(=O)N[C@H](CO)[C@@H](C)CC. The summed E-state index contributed by atoms with van der Waals surface area (Å²) in [4.78, 5) is 58.7. The van der Waals surface area contributed by atoms with Crippen molar-refractivity contribution in [3.63, 3.8) is 0 Å². The van der Waals surface area contributed by atoms with E-state index in [0.29, 0.717) is 12.1 Å². The molecule has 4 aromatic rings. The van der Waals surface area contributed by atoms with Crippen molar-refractivity contribution in [1.82, 2.24) is 26.3 Å². The molecule has 3 aromatic carbocycles. The van der Waals surface area contributed by atoms with Crippen LogP contribution < -0.4 is 21.3 Å². The number of ether oxygens (including phenoxy) is 1. The average molecular weight is 760 g/mol. The number of rotatable bonds is 20. The fourth-order valence-electron chi connectivity index (χ4n) is 6.21. The molecular weight excluding hydrogens is 707 g/mol. The first kappa shape index (κ1) is 41.9. The quantitative estimate of drug-likeness (QED) is 0.0753. The summed E-state index contributed by atoms with van der Waals surface area (Å²) < 4.78 is 5.48. The third-order valence-electron chi connectivity index (χ3n) is 9.90. The smallest absolute Gasteiger partial charge is 0.408 e. The van der Waals surface area contributed by atoms with Crippen LogP contribution in [-0.4, -0.2) is 75.9 Å². The molecule has 0 saturated heterocycles. The van der Waals surface area contributed by atoms with Gasteiger partial charge in [-0.2, -0.15) is 0 Å². The molecule has 0 saturated carbocycles. The van der Waals surface area contributed by atoms with Crippen LogP contribution in [-0.2, 0) is 38.6 Å².